The third-order valence-electron chi connectivity index (χ3n) is 3.02. The van der Waals surface area contributed by atoms with E-state index in [0.717, 1.165) is 31.8 Å². The van der Waals surface area contributed by atoms with Gasteiger partial charge in [-0.2, -0.15) is 0 Å². The second-order valence-corrected chi connectivity index (χ2v) is 4.42. The van der Waals surface area contributed by atoms with Gasteiger partial charge in [0.05, 0.1) is 12.3 Å². The van der Waals surface area contributed by atoms with E-state index in [1.54, 1.807) is 0 Å². The number of hydrogen-bond donors (Lipinski definition) is 1. The molecule has 4 nitrogen and oxygen atoms in total. The van der Waals surface area contributed by atoms with Gasteiger partial charge in [-0.25, -0.2) is 0 Å². The number of nitrogens with zero attached hydrogens (tertiary/aromatic N) is 1. The minimum Gasteiger partial charge on any atom is -0.492 e. The van der Waals surface area contributed by atoms with Gasteiger partial charge in [0, 0.05) is 12.6 Å². The largest absolute Gasteiger partial charge is 0.492 e. The zero-order valence-electron chi connectivity index (χ0n) is 12.3. The summed E-state index contributed by atoms with van der Waals surface area (Å²) in [6.45, 7) is 10.8. The molecule has 0 aromatic heterocycles. The molecule has 0 unspecified atom stereocenters. The van der Waals surface area contributed by atoms with Gasteiger partial charge in [0.1, 0.15) is 18.1 Å². The van der Waals surface area contributed by atoms with E-state index in [4.69, 9.17) is 15.2 Å². The van der Waals surface area contributed by atoms with Crippen LogP contribution in [0.5, 0.6) is 11.5 Å². The summed E-state index contributed by atoms with van der Waals surface area (Å²) in [4.78, 5) is 2.33. The van der Waals surface area contributed by atoms with Gasteiger partial charge in [0.2, 0.25) is 0 Å². The minimum atomic E-state index is 0.657. The van der Waals surface area contributed by atoms with Crippen molar-refractivity contribution < 1.29 is 9.47 Å². The lowest BCUT2D eigenvalue weighted by atomic mass is 10.3. The Balaban J connectivity index is 2.49. The highest BCUT2D eigenvalue weighted by atomic mass is 16.5. The Kier molecular flexibility index (Phi) is 7.11. The predicted octanol–water partition coefficient (Wildman–Crippen LogP) is 2.78. The van der Waals surface area contributed by atoms with Gasteiger partial charge in [0.15, 0.2) is 0 Å². The molecule has 4 heteroatoms. The Hall–Kier alpha value is -1.42. The van der Waals surface area contributed by atoms with Crippen molar-refractivity contribution in [3.63, 3.8) is 0 Å². The molecule has 0 atom stereocenters. The molecule has 1 aromatic rings. The Morgan fingerprint density at radius 2 is 1.79 bits per heavy atom. The van der Waals surface area contributed by atoms with E-state index in [2.05, 4.69) is 25.7 Å². The van der Waals surface area contributed by atoms with E-state index in [1.165, 1.54) is 0 Å². The Morgan fingerprint density at radius 1 is 1.05 bits per heavy atom. The highest BCUT2D eigenvalue weighted by Crippen LogP contribution is 2.27. The van der Waals surface area contributed by atoms with E-state index >= 15 is 0 Å². The van der Waals surface area contributed by atoms with Crippen LogP contribution in [0.2, 0.25) is 0 Å². The molecule has 0 amide bonds. The van der Waals surface area contributed by atoms with Crippen molar-refractivity contribution in [1.82, 2.24) is 4.90 Å². The molecule has 0 bridgehead atoms. The molecule has 1 aromatic carbocycles. The van der Waals surface area contributed by atoms with Crippen molar-refractivity contribution in [2.75, 3.05) is 38.6 Å². The van der Waals surface area contributed by atoms with Crippen molar-refractivity contribution >= 4 is 5.69 Å². The molecular weight excluding hydrogens is 240 g/mol. The van der Waals surface area contributed by atoms with E-state index in [0.29, 0.717) is 24.7 Å². The molecule has 0 heterocycles. The Morgan fingerprint density at radius 3 is 2.42 bits per heavy atom. The smallest absolute Gasteiger partial charge is 0.145 e. The number of hydrogen-bond acceptors (Lipinski definition) is 4. The summed E-state index contributed by atoms with van der Waals surface area (Å²) < 4.78 is 11.3. The fourth-order valence-electron chi connectivity index (χ4n) is 1.77. The van der Waals surface area contributed by atoms with Crippen LogP contribution in [0.1, 0.15) is 27.2 Å². The molecule has 0 saturated heterocycles. The van der Waals surface area contributed by atoms with Crippen molar-refractivity contribution in [3.05, 3.63) is 18.2 Å². The number of anilines is 1. The first kappa shape index (κ1) is 15.6. The van der Waals surface area contributed by atoms with E-state index in [9.17, 15) is 0 Å². The van der Waals surface area contributed by atoms with Crippen molar-refractivity contribution in [1.29, 1.82) is 0 Å². The van der Waals surface area contributed by atoms with Crippen molar-refractivity contribution in [3.8, 4) is 11.5 Å². The quantitative estimate of drug-likeness (QED) is 0.698. The van der Waals surface area contributed by atoms with Crippen LogP contribution in [0, 0.1) is 0 Å². The molecule has 0 spiro atoms. The maximum absolute atomic E-state index is 5.86. The maximum Gasteiger partial charge on any atom is 0.145 e. The summed E-state index contributed by atoms with van der Waals surface area (Å²) >= 11 is 0. The molecule has 0 aliphatic heterocycles. The summed E-state index contributed by atoms with van der Waals surface area (Å²) in [7, 11) is 0. The standard InChI is InChI=1S/C15H26N2O2/c1-4-10-19-15-12-13(7-8-14(15)16)18-11-9-17(5-2)6-3/h7-8,12H,4-6,9-11,16H2,1-3H3. The van der Waals surface area contributed by atoms with Gasteiger partial charge in [-0.05, 0) is 31.6 Å². The highest BCUT2D eigenvalue weighted by molar-refractivity contribution is 5.55. The van der Waals surface area contributed by atoms with Crippen LogP contribution in [-0.4, -0.2) is 37.7 Å². The molecule has 19 heavy (non-hydrogen) atoms. The summed E-state index contributed by atoms with van der Waals surface area (Å²) in [5, 5.41) is 0. The van der Waals surface area contributed by atoms with Gasteiger partial charge in [-0.1, -0.05) is 20.8 Å². The average molecular weight is 266 g/mol. The molecule has 0 aliphatic rings. The zero-order chi connectivity index (χ0) is 14.1. The normalized spacial score (nSPS) is 10.7. The average Bonchev–Trinajstić information content (AvgIpc) is 2.44. The summed E-state index contributed by atoms with van der Waals surface area (Å²) in [6, 6.07) is 5.58. The molecule has 108 valence electrons. The molecule has 2 N–H and O–H groups in total. The molecule has 0 saturated carbocycles. The lowest BCUT2D eigenvalue weighted by Gasteiger charge is -2.18. The third kappa shape index (κ3) is 5.39. The highest BCUT2D eigenvalue weighted by Gasteiger charge is 2.04. The van der Waals surface area contributed by atoms with Crippen LogP contribution in [-0.2, 0) is 0 Å². The molecular formula is C15H26N2O2. The van der Waals surface area contributed by atoms with Gasteiger partial charge >= 0.3 is 0 Å². The van der Waals surface area contributed by atoms with Crippen molar-refractivity contribution in [2.24, 2.45) is 0 Å². The fraction of sp³-hybridized carbons (Fsp3) is 0.600. The van der Waals surface area contributed by atoms with Gasteiger partial charge in [-0.15, -0.1) is 0 Å². The Labute approximate surface area is 116 Å². The predicted molar refractivity (Wildman–Crippen MR) is 79.9 cm³/mol. The SMILES string of the molecule is CCCOc1cc(OCCN(CC)CC)ccc1N. The molecule has 0 fully saturated rings. The minimum absolute atomic E-state index is 0.657. The zero-order valence-corrected chi connectivity index (χ0v) is 12.3. The van der Waals surface area contributed by atoms with Gasteiger partial charge < -0.3 is 20.1 Å². The number of likely N-dealkylation sites (N-methyl/N-ethyl adjacent to an activating group) is 1. The second-order valence-electron chi connectivity index (χ2n) is 4.42. The van der Waals surface area contributed by atoms with E-state index in [1.807, 2.05) is 18.2 Å². The first-order chi connectivity index (χ1) is 9.21. The van der Waals surface area contributed by atoms with Crippen LogP contribution in [0.25, 0.3) is 0 Å². The topological polar surface area (TPSA) is 47.7 Å². The van der Waals surface area contributed by atoms with E-state index in [-0.39, 0.29) is 0 Å². The first-order valence-electron chi connectivity index (χ1n) is 7.08. The maximum atomic E-state index is 5.86. The van der Waals surface area contributed by atoms with Crippen molar-refractivity contribution in [2.45, 2.75) is 27.2 Å². The summed E-state index contributed by atoms with van der Waals surface area (Å²) in [6.07, 6.45) is 0.965. The number of nitrogens with two attached hydrogens (primary N) is 1. The second kappa shape index (κ2) is 8.64. The van der Waals surface area contributed by atoms with Crippen LogP contribution in [0.15, 0.2) is 18.2 Å². The van der Waals surface area contributed by atoms with Gasteiger partial charge in [-0.3, -0.25) is 0 Å². The first-order valence-corrected chi connectivity index (χ1v) is 7.08. The lowest BCUT2D eigenvalue weighted by Crippen LogP contribution is -2.27. The fourth-order valence-corrected chi connectivity index (χ4v) is 1.77. The number of benzene rings is 1. The number of rotatable bonds is 9. The Bertz CT molecular complexity index is 365. The van der Waals surface area contributed by atoms with Crippen LogP contribution in [0.4, 0.5) is 5.69 Å². The number of nitrogen functional groups attached to an aromatic ring is 1. The molecule has 1 rings (SSSR count). The summed E-state index contributed by atoms with van der Waals surface area (Å²) in [5.74, 6) is 1.52. The monoisotopic (exact) mass is 266 g/mol. The third-order valence-corrected chi connectivity index (χ3v) is 3.02. The molecule has 0 aliphatic carbocycles. The number of ether oxygens (including phenoxy) is 2. The van der Waals surface area contributed by atoms with Gasteiger partial charge in [0.25, 0.3) is 0 Å². The lowest BCUT2D eigenvalue weighted by molar-refractivity contribution is 0.222. The molecule has 0 radical (unpaired) electrons. The van der Waals surface area contributed by atoms with E-state index < -0.39 is 0 Å². The van der Waals surface area contributed by atoms with Crippen LogP contribution >= 0.6 is 0 Å². The van der Waals surface area contributed by atoms with Crippen LogP contribution in [0.3, 0.4) is 0 Å². The summed E-state index contributed by atoms with van der Waals surface area (Å²) in [5.41, 5.74) is 6.52. The van der Waals surface area contributed by atoms with Crippen LogP contribution < -0.4 is 15.2 Å².